The molecule has 86 valence electrons. The van der Waals surface area contributed by atoms with E-state index >= 15 is 0 Å². The van der Waals surface area contributed by atoms with Gasteiger partial charge >= 0.3 is 0 Å². The van der Waals surface area contributed by atoms with Crippen molar-refractivity contribution >= 4 is 34.3 Å². The molecule has 0 aromatic carbocycles. The monoisotopic (exact) mass is 330 g/mol. The molecule has 0 spiro atoms. The highest BCUT2D eigenvalue weighted by molar-refractivity contribution is 14.1. The van der Waals surface area contributed by atoms with Gasteiger partial charge in [-0.3, -0.25) is 4.79 Å². The van der Waals surface area contributed by atoms with Crippen LogP contribution in [0.15, 0.2) is 18.3 Å². The van der Waals surface area contributed by atoms with Crippen LogP contribution in [0.2, 0.25) is 0 Å². The summed E-state index contributed by atoms with van der Waals surface area (Å²) in [5.74, 6) is 0.985. The predicted molar refractivity (Wildman–Crippen MR) is 72.2 cm³/mol. The van der Waals surface area contributed by atoms with Gasteiger partial charge in [-0.15, -0.1) is 0 Å². The number of aromatic nitrogens is 1. The van der Waals surface area contributed by atoms with E-state index in [4.69, 9.17) is 0 Å². The van der Waals surface area contributed by atoms with Crippen LogP contribution >= 0.6 is 22.6 Å². The first kappa shape index (κ1) is 11.8. The van der Waals surface area contributed by atoms with E-state index in [1.54, 1.807) is 6.20 Å². The maximum Gasteiger partial charge on any atom is 0.228 e. The Balaban J connectivity index is 1.93. The molecule has 1 saturated carbocycles. The molecule has 0 unspecified atom stereocenters. The Labute approximate surface area is 109 Å². The topological polar surface area (TPSA) is 42.0 Å². The van der Waals surface area contributed by atoms with Crippen LogP contribution in [0.1, 0.15) is 32.1 Å². The van der Waals surface area contributed by atoms with Crippen LogP contribution in [-0.4, -0.2) is 10.9 Å². The van der Waals surface area contributed by atoms with E-state index in [9.17, 15) is 4.79 Å². The summed E-state index contributed by atoms with van der Waals surface area (Å²) in [6, 6.07) is 3.80. The van der Waals surface area contributed by atoms with Crippen LogP contribution < -0.4 is 5.32 Å². The Bertz CT molecular complexity index is 358. The number of nitrogens with zero attached hydrogens (tertiary/aromatic N) is 1. The Morgan fingerprint density at radius 2 is 2.06 bits per heavy atom. The fourth-order valence-corrected chi connectivity index (χ4v) is 2.36. The molecule has 1 heterocycles. The second-order valence-electron chi connectivity index (χ2n) is 4.19. The highest BCUT2D eigenvalue weighted by Crippen LogP contribution is 2.24. The van der Waals surface area contributed by atoms with Gasteiger partial charge in [0.05, 0.1) is 0 Å². The molecule has 1 aromatic rings. The van der Waals surface area contributed by atoms with E-state index in [0.29, 0.717) is 5.82 Å². The molecule has 0 atom stereocenters. The average molecular weight is 330 g/mol. The average Bonchev–Trinajstić information content (AvgIpc) is 2.33. The maximum absolute atomic E-state index is 11.9. The predicted octanol–water partition coefficient (Wildman–Crippen LogP) is 3.21. The highest BCUT2D eigenvalue weighted by Gasteiger charge is 2.21. The van der Waals surface area contributed by atoms with Crippen molar-refractivity contribution in [1.82, 2.24) is 4.98 Å². The number of hydrogen-bond acceptors (Lipinski definition) is 2. The zero-order valence-electron chi connectivity index (χ0n) is 9.08. The first-order valence-corrected chi connectivity index (χ1v) is 6.76. The minimum atomic E-state index is 0.133. The van der Waals surface area contributed by atoms with Crippen molar-refractivity contribution in [3.8, 4) is 0 Å². The number of anilines is 1. The number of hydrogen-bond donors (Lipinski definition) is 1. The molecule has 1 aromatic heterocycles. The molecule has 4 heteroatoms. The Kier molecular flexibility index (Phi) is 4.15. The van der Waals surface area contributed by atoms with Crippen molar-refractivity contribution in [3.05, 3.63) is 21.9 Å². The van der Waals surface area contributed by atoms with Crippen molar-refractivity contribution in [1.29, 1.82) is 0 Å². The van der Waals surface area contributed by atoms with Crippen molar-refractivity contribution in [2.75, 3.05) is 5.32 Å². The summed E-state index contributed by atoms with van der Waals surface area (Å²) in [7, 11) is 0. The van der Waals surface area contributed by atoms with Crippen LogP contribution in [0.3, 0.4) is 0 Å². The lowest BCUT2D eigenvalue weighted by Gasteiger charge is -2.20. The normalized spacial score (nSPS) is 17.1. The van der Waals surface area contributed by atoms with Crippen molar-refractivity contribution in [2.45, 2.75) is 32.1 Å². The summed E-state index contributed by atoms with van der Waals surface area (Å²) in [5, 5.41) is 2.89. The molecule has 0 radical (unpaired) electrons. The maximum atomic E-state index is 11.9. The van der Waals surface area contributed by atoms with Gasteiger partial charge in [0.2, 0.25) is 5.91 Å². The second kappa shape index (κ2) is 5.61. The zero-order chi connectivity index (χ0) is 11.4. The van der Waals surface area contributed by atoms with Crippen LogP contribution in [0.25, 0.3) is 0 Å². The molecular weight excluding hydrogens is 315 g/mol. The van der Waals surface area contributed by atoms with Gasteiger partial charge in [-0.2, -0.15) is 0 Å². The molecule has 3 nitrogen and oxygen atoms in total. The first-order chi connectivity index (χ1) is 7.75. The largest absolute Gasteiger partial charge is 0.310 e. The minimum Gasteiger partial charge on any atom is -0.310 e. The van der Waals surface area contributed by atoms with Gasteiger partial charge in [0.15, 0.2) is 0 Å². The SMILES string of the molecule is O=C(Nc1ccc(I)cn1)C1CCCCC1. The third-order valence-corrected chi connectivity index (χ3v) is 3.59. The van der Waals surface area contributed by atoms with Gasteiger partial charge in [0.25, 0.3) is 0 Å². The number of nitrogens with one attached hydrogen (secondary N) is 1. The summed E-state index contributed by atoms with van der Waals surface area (Å²) in [5.41, 5.74) is 0. The number of rotatable bonds is 2. The van der Waals surface area contributed by atoms with Gasteiger partial charge in [-0.1, -0.05) is 19.3 Å². The number of carbonyl (C=O) groups excluding carboxylic acids is 1. The lowest BCUT2D eigenvalue weighted by atomic mass is 9.89. The van der Waals surface area contributed by atoms with Crippen molar-refractivity contribution in [3.63, 3.8) is 0 Å². The van der Waals surface area contributed by atoms with Crippen molar-refractivity contribution < 1.29 is 4.79 Å². The number of pyridine rings is 1. The molecule has 0 saturated heterocycles. The van der Waals surface area contributed by atoms with Crippen LogP contribution in [-0.2, 0) is 4.79 Å². The number of carbonyl (C=O) groups is 1. The summed E-state index contributed by atoms with van der Waals surface area (Å²) in [6.45, 7) is 0. The number of amides is 1. The van der Waals surface area contributed by atoms with E-state index in [0.717, 1.165) is 16.4 Å². The third-order valence-electron chi connectivity index (χ3n) is 2.95. The highest BCUT2D eigenvalue weighted by atomic mass is 127. The molecule has 1 N–H and O–H groups in total. The van der Waals surface area contributed by atoms with Crippen molar-refractivity contribution in [2.24, 2.45) is 5.92 Å². The Morgan fingerprint density at radius 1 is 1.31 bits per heavy atom. The van der Waals surface area contributed by atoms with Gasteiger partial charge in [0, 0.05) is 15.7 Å². The summed E-state index contributed by atoms with van der Waals surface area (Å²) < 4.78 is 1.08. The molecule has 2 rings (SSSR count). The Morgan fingerprint density at radius 3 is 2.69 bits per heavy atom. The Hall–Kier alpha value is -0.650. The summed E-state index contributed by atoms with van der Waals surface area (Å²) >= 11 is 2.20. The lowest BCUT2D eigenvalue weighted by Crippen LogP contribution is -2.25. The molecular formula is C12H15IN2O. The molecule has 1 fully saturated rings. The molecule has 16 heavy (non-hydrogen) atoms. The molecule has 1 aliphatic carbocycles. The van der Waals surface area contributed by atoms with E-state index in [1.165, 1.54) is 19.3 Å². The first-order valence-electron chi connectivity index (χ1n) is 5.68. The van der Waals surface area contributed by atoms with Gasteiger partial charge in [-0.05, 0) is 47.6 Å². The number of halogens is 1. The summed E-state index contributed by atoms with van der Waals surface area (Å²) in [4.78, 5) is 16.1. The second-order valence-corrected chi connectivity index (χ2v) is 5.43. The molecule has 0 aliphatic heterocycles. The molecule has 1 amide bonds. The van der Waals surface area contributed by atoms with Gasteiger partial charge < -0.3 is 5.32 Å². The fraction of sp³-hybridized carbons (Fsp3) is 0.500. The van der Waals surface area contributed by atoms with Crippen LogP contribution in [0.5, 0.6) is 0 Å². The minimum absolute atomic E-state index is 0.133. The van der Waals surface area contributed by atoms with Gasteiger partial charge in [-0.25, -0.2) is 4.98 Å². The fourth-order valence-electron chi connectivity index (χ4n) is 2.04. The van der Waals surface area contributed by atoms with Crippen LogP contribution in [0.4, 0.5) is 5.82 Å². The third kappa shape index (κ3) is 3.17. The summed E-state index contributed by atoms with van der Waals surface area (Å²) in [6.07, 6.45) is 7.44. The standard InChI is InChI=1S/C12H15IN2O/c13-10-6-7-11(14-8-10)15-12(16)9-4-2-1-3-5-9/h6-9H,1-5H2,(H,14,15,16). The lowest BCUT2D eigenvalue weighted by molar-refractivity contribution is -0.120. The van der Waals surface area contributed by atoms with E-state index in [2.05, 4.69) is 32.9 Å². The van der Waals surface area contributed by atoms with Gasteiger partial charge in [0.1, 0.15) is 5.82 Å². The molecule has 0 bridgehead atoms. The van der Waals surface area contributed by atoms with E-state index in [1.807, 2.05) is 12.1 Å². The smallest absolute Gasteiger partial charge is 0.228 e. The molecule has 1 aliphatic rings. The quantitative estimate of drug-likeness (QED) is 0.846. The van der Waals surface area contributed by atoms with E-state index < -0.39 is 0 Å². The van der Waals surface area contributed by atoms with Crippen LogP contribution in [0, 0.1) is 9.49 Å². The van der Waals surface area contributed by atoms with E-state index in [-0.39, 0.29) is 11.8 Å². The zero-order valence-corrected chi connectivity index (χ0v) is 11.2.